The number of rotatable bonds is 7. The molecule has 27 heavy (non-hydrogen) atoms. The molecule has 3 N–H and O–H groups in total. The smallest absolute Gasteiger partial charge is 0.252 e. The number of hydrogen-bond acceptors (Lipinski definition) is 6. The van der Waals surface area contributed by atoms with Crippen molar-refractivity contribution < 1.29 is 28.6 Å². The largest absolute Gasteiger partial charge is 0.493 e. The Hall–Kier alpha value is -2.81. The van der Waals surface area contributed by atoms with Crippen LogP contribution in [0.2, 0.25) is 0 Å². The van der Waals surface area contributed by atoms with Gasteiger partial charge in [0.15, 0.2) is 17.6 Å². The van der Waals surface area contributed by atoms with Crippen LogP contribution < -0.4 is 25.4 Å². The fourth-order valence-corrected chi connectivity index (χ4v) is 2.86. The van der Waals surface area contributed by atoms with Crippen molar-refractivity contribution in [1.29, 1.82) is 0 Å². The molecule has 1 aliphatic carbocycles. The minimum absolute atomic E-state index is 0.137. The number of hydrogen-bond donors (Lipinski definition) is 3. The van der Waals surface area contributed by atoms with Crippen molar-refractivity contribution in [2.75, 3.05) is 27.4 Å². The van der Waals surface area contributed by atoms with Crippen molar-refractivity contribution in [2.24, 2.45) is 0 Å². The van der Waals surface area contributed by atoms with Crippen LogP contribution in [0.5, 0.6) is 11.5 Å². The number of amides is 3. The van der Waals surface area contributed by atoms with E-state index in [-0.39, 0.29) is 31.0 Å². The van der Waals surface area contributed by atoms with Crippen molar-refractivity contribution in [3.63, 3.8) is 0 Å². The predicted molar refractivity (Wildman–Crippen MR) is 94.3 cm³/mol. The summed E-state index contributed by atoms with van der Waals surface area (Å²) >= 11 is 0. The van der Waals surface area contributed by atoms with Gasteiger partial charge < -0.3 is 30.2 Å². The summed E-state index contributed by atoms with van der Waals surface area (Å²) in [6.45, 7) is -0.363. The first-order chi connectivity index (χ1) is 13.0. The highest BCUT2D eigenvalue weighted by Crippen LogP contribution is 2.32. The summed E-state index contributed by atoms with van der Waals surface area (Å²) in [5.41, 5.74) is 0.628. The molecule has 0 unspecified atom stereocenters. The molecule has 1 aromatic carbocycles. The molecule has 146 valence electrons. The first-order valence-corrected chi connectivity index (χ1v) is 8.71. The number of morpholine rings is 1. The Bertz CT molecular complexity index is 734. The maximum absolute atomic E-state index is 12.5. The van der Waals surface area contributed by atoms with Crippen LogP contribution in [0.3, 0.4) is 0 Å². The van der Waals surface area contributed by atoms with E-state index in [0.29, 0.717) is 17.1 Å². The lowest BCUT2D eigenvalue weighted by molar-refractivity contribution is -0.148. The highest BCUT2D eigenvalue weighted by Gasteiger charge is 2.36. The zero-order chi connectivity index (χ0) is 19.4. The van der Waals surface area contributed by atoms with Gasteiger partial charge in [-0.15, -0.1) is 0 Å². The molecule has 3 rings (SSSR count). The van der Waals surface area contributed by atoms with Gasteiger partial charge in [-0.05, 0) is 30.5 Å². The second kappa shape index (κ2) is 8.26. The van der Waals surface area contributed by atoms with Gasteiger partial charge in [0, 0.05) is 6.04 Å². The minimum atomic E-state index is -0.963. The lowest BCUT2D eigenvalue weighted by Gasteiger charge is -2.32. The summed E-state index contributed by atoms with van der Waals surface area (Å²) in [4.78, 5) is 36.1. The van der Waals surface area contributed by atoms with Crippen LogP contribution in [0.4, 0.5) is 0 Å². The highest BCUT2D eigenvalue weighted by atomic mass is 16.5. The van der Waals surface area contributed by atoms with Crippen molar-refractivity contribution in [3.05, 3.63) is 23.8 Å². The van der Waals surface area contributed by atoms with Crippen LogP contribution in [0, 0.1) is 0 Å². The lowest BCUT2D eigenvalue weighted by atomic mass is 9.98. The number of ether oxygens (including phenoxy) is 3. The average molecular weight is 377 g/mol. The summed E-state index contributed by atoms with van der Waals surface area (Å²) in [6.07, 6.45) is 0.979. The molecule has 1 aliphatic heterocycles. The molecule has 1 saturated carbocycles. The van der Waals surface area contributed by atoms with E-state index in [0.717, 1.165) is 12.8 Å². The first-order valence-electron chi connectivity index (χ1n) is 8.71. The van der Waals surface area contributed by atoms with Gasteiger partial charge in [-0.1, -0.05) is 6.07 Å². The van der Waals surface area contributed by atoms with E-state index in [1.54, 1.807) is 18.2 Å². The molecule has 1 saturated heterocycles. The van der Waals surface area contributed by atoms with E-state index in [9.17, 15) is 14.4 Å². The Morgan fingerprint density at radius 3 is 2.63 bits per heavy atom. The Morgan fingerprint density at radius 2 is 1.96 bits per heavy atom. The second-order valence-corrected chi connectivity index (χ2v) is 6.45. The maximum atomic E-state index is 12.5. The highest BCUT2D eigenvalue weighted by molar-refractivity contribution is 5.89. The van der Waals surface area contributed by atoms with Crippen LogP contribution in [-0.2, 0) is 19.1 Å². The van der Waals surface area contributed by atoms with Crippen LogP contribution in [0.15, 0.2) is 18.2 Å². The Morgan fingerprint density at radius 1 is 1.22 bits per heavy atom. The summed E-state index contributed by atoms with van der Waals surface area (Å²) in [5.74, 6) is -0.0424. The van der Waals surface area contributed by atoms with E-state index in [1.807, 2.05) is 0 Å². The molecule has 2 aliphatic rings. The molecule has 9 heteroatoms. The fraction of sp³-hybridized carbons (Fsp3) is 0.500. The molecule has 1 aromatic rings. The van der Waals surface area contributed by atoms with Gasteiger partial charge in [0.2, 0.25) is 11.8 Å². The van der Waals surface area contributed by atoms with E-state index >= 15 is 0 Å². The van der Waals surface area contributed by atoms with Gasteiger partial charge in [-0.3, -0.25) is 14.4 Å². The molecule has 0 bridgehead atoms. The molecule has 0 radical (unpaired) electrons. The van der Waals surface area contributed by atoms with Crippen LogP contribution in [0.25, 0.3) is 0 Å². The quantitative estimate of drug-likeness (QED) is 0.599. The van der Waals surface area contributed by atoms with Crippen molar-refractivity contribution in [1.82, 2.24) is 16.0 Å². The van der Waals surface area contributed by atoms with E-state index in [4.69, 9.17) is 14.2 Å². The van der Waals surface area contributed by atoms with Crippen LogP contribution >= 0.6 is 0 Å². The summed E-state index contributed by atoms with van der Waals surface area (Å²) in [5, 5.41) is 8.12. The number of benzene rings is 1. The van der Waals surface area contributed by atoms with Crippen LogP contribution in [0.1, 0.15) is 24.4 Å². The lowest BCUT2D eigenvalue weighted by Crippen LogP contribution is -2.53. The molecule has 2 atom stereocenters. The van der Waals surface area contributed by atoms with E-state index in [1.165, 1.54) is 14.2 Å². The Balaban J connectivity index is 1.71. The van der Waals surface area contributed by atoms with Gasteiger partial charge in [0.1, 0.15) is 6.61 Å². The Kier molecular flexibility index (Phi) is 5.80. The number of nitrogens with one attached hydrogen (secondary N) is 3. The number of carbonyl (C=O) groups is 3. The van der Waals surface area contributed by atoms with Crippen molar-refractivity contribution >= 4 is 17.7 Å². The van der Waals surface area contributed by atoms with Gasteiger partial charge in [-0.2, -0.15) is 0 Å². The van der Waals surface area contributed by atoms with Crippen LogP contribution in [-0.4, -0.2) is 57.2 Å². The third-order valence-electron chi connectivity index (χ3n) is 4.40. The molecule has 0 spiro atoms. The number of carbonyl (C=O) groups excluding carboxylic acids is 3. The van der Waals surface area contributed by atoms with Gasteiger partial charge >= 0.3 is 0 Å². The van der Waals surface area contributed by atoms with E-state index in [2.05, 4.69) is 16.0 Å². The third-order valence-corrected chi connectivity index (χ3v) is 4.40. The van der Waals surface area contributed by atoms with Gasteiger partial charge in [0.05, 0.1) is 26.8 Å². The first kappa shape index (κ1) is 19.0. The second-order valence-electron chi connectivity index (χ2n) is 6.45. The van der Waals surface area contributed by atoms with E-state index < -0.39 is 18.1 Å². The fourth-order valence-electron chi connectivity index (χ4n) is 2.86. The molecule has 1 heterocycles. The summed E-state index contributed by atoms with van der Waals surface area (Å²) in [6, 6.07) is 4.60. The Labute approximate surface area is 156 Å². The average Bonchev–Trinajstić information content (AvgIpc) is 3.49. The molecule has 9 nitrogen and oxygen atoms in total. The zero-order valence-corrected chi connectivity index (χ0v) is 15.2. The summed E-state index contributed by atoms with van der Waals surface area (Å²) in [7, 11) is 3.02. The standard InChI is InChI=1S/C18H23N3O6/c1-25-12-6-3-10(7-13(12)26-2)16-17(27-9-15(23)21-16)18(24)19-8-14(22)20-11-4-5-11/h3,6-7,11,16-17H,4-5,8-9H2,1-2H3,(H,19,24)(H,20,22)(H,21,23)/t16-,17+/m1/s1. The molecular formula is C18H23N3O6. The monoisotopic (exact) mass is 377 g/mol. The maximum Gasteiger partial charge on any atom is 0.252 e. The SMILES string of the molecule is COc1ccc([C@H]2NC(=O)CO[C@@H]2C(=O)NCC(=O)NC2CC2)cc1OC. The topological polar surface area (TPSA) is 115 Å². The normalized spacial score (nSPS) is 21.8. The van der Waals surface area contributed by atoms with Crippen molar-refractivity contribution in [3.8, 4) is 11.5 Å². The van der Waals surface area contributed by atoms with Gasteiger partial charge in [0.25, 0.3) is 5.91 Å². The minimum Gasteiger partial charge on any atom is -0.493 e. The summed E-state index contributed by atoms with van der Waals surface area (Å²) < 4.78 is 15.9. The zero-order valence-electron chi connectivity index (χ0n) is 15.2. The van der Waals surface area contributed by atoms with Gasteiger partial charge in [-0.25, -0.2) is 0 Å². The number of methoxy groups -OCH3 is 2. The molecule has 2 fully saturated rings. The van der Waals surface area contributed by atoms with Crippen molar-refractivity contribution in [2.45, 2.75) is 31.0 Å². The molecule has 3 amide bonds. The predicted octanol–water partition coefficient (Wildman–Crippen LogP) is -0.345. The third kappa shape index (κ3) is 4.68. The molecule has 0 aromatic heterocycles. The molecular weight excluding hydrogens is 354 g/mol.